The molecular formula is C13H16N2O2. The van der Waals surface area contributed by atoms with Crippen LogP contribution in [0.15, 0.2) is 23.3 Å². The minimum Gasteiger partial charge on any atom is -0.477 e. The fraction of sp³-hybridized carbons (Fsp3) is 0.385. The number of aliphatic carboxylic acids is 1. The largest absolute Gasteiger partial charge is 0.477 e. The predicted molar refractivity (Wildman–Crippen MR) is 67.5 cm³/mol. The topological polar surface area (TPSA) is 61.7 Å². The number of aryl methyl sites for hydroxylation is 2. The Hall–Kier alpha value is -1.84. The smallest absolute Gasteiger partial charge is 0.351 e. The third-order valence-corrected chi connectivity index (χ3v) is 3.01. The fourth-order valence-corrected chi connectivity index (χ4v) is 2.00. The average molecular weight is 232 g/mol. The summed E-state index contributed by atoms with van der Waals surface area (Å²) in [6.07, 6.45) is 4.74. The van der Waals surface area contributed by atoms with Crippen molar-refractivity contribution in [3.05, 3.63) is 29.3 Å². The van der Waals surface area contributed by atoms with E-state index in [1.54, 1.807) is 0 Å². The molecule has 17 heavy (non-hydrogen) atoms. The summed E-state index contributed by atoms with van der Waals surface area (Å²) in [6.45, 7) is 1.47. The van der Waals surface area contributed by atoms with Crippen molar-refractivity contribution in [1.29, 1.82) is 0 Å². The third kappa shape index (κ3) is 2.84. The van der Waals surface area contributed by atoms with Crippen molar-refractivity contribution in [2.75, 3.05) is 5.43 Å². The van der Waals surface area contributed by atoms with E-state index in [-0.39, 0.29) is 5.71 Å². The minimum absolute atomic E-state index is 0.0581. The second-order valence-corrected chi connectivity index (χ2v) is 4.30. The van der Waals surface area contributed by atoms with Crippen LogP contribution in [0.1, 0.15) is 30.9 Å². The quantitative estimate of drug-likeness (QED) is 0.621. The van der Waals surface area contributed by atoms with E-state index in [4.69, 9.17) is 5.11 Å². The van der Waals surface area contributed by atoms with Gasteiger partial charge >= 0.3 is 5.97 Å². The van der Waals surface area contributed by atoms with Gasteiger partial charge in [-0.15, -0.1) is 0 Å². The summed E-state index contributed by atoms with van der Waals surface area (Å²) in [5, 5.41) is 12.5. The molecule has 0 aliphatic heterocycles. The molecule has 0 amide bonds. The maximum Gasteiger partial charge on any atom is 0.351 e. The van der Waals surface area contributed by atoms with Gasteiger partial charge in [0.15, 0.2) is 0 Å². The van der Waals surface area contributed by atoms with Crippen LogP contribution >= 0.6 is 0 Å². The molecule has 1 aromatic carbocycles. The molecule has 0 unspecified atom stereocenters. The van der Waals surface area contributed by atoms with Crippen LogP contribution in [0.25, 0.3) is 0 Å². The summed E-state index contributed by atoms with van der Waals surface area (Å²) >= 11 is 0. The zero-order valence-electron chi connectivity index (χ0n) is 9.86. The van der Waals surface area contributed by atoms with E-state index in [0.29, 0.717) is 0 Å². The summed E-state index contributed by atoms with van der Waals surface area (Å²) in [4.78, 5) is 10.6. The monoisotopic (exact) mass is 232 g/mol. The first-order valence-corrected chi connectivity index (χ1v) is 5.82. The van der Waals surface area contributed by atoms with Gasteiger partial charge in [-0.05, 0) is 55.9 Å². The van der Waals surface area contributed by atoms with Crippen molar-refractivity contribution >= 4 is 17.4 Å². The number of hydrazone groups is 1. The van der Waals surface area contributed by atoms with Crippen LogP contribution in [0.4, 0.5) is 5.69 Å². The lowest BCUT2D eigenvalue weighted by molar-refractivity contribution is -0.129. The van der Waals surface area contributed by atoms with Crippen molar-refractivity contribution in [3.63, 3.8) is 0 Å². The van der Waals surface area contributed by atoms with Gasteiger partial charge in [0.05, 0.1) is 5.69 Å². The Balaban J connectivity index is 2.12. The molecule has 1 aliphatic rings. The molecule has 90 valence electrons. The van der Waals surface area contributed by atoms with E-state index in [1.165, 1.54) is 30.9 Å². The Bertz CT molecular complexity index is 466. The molecule has 0 atom stereocenters. The molecule has 0 heterocycles. The van der Waals surface area contributed by atoms with Crippen LogP contribution < -0.4 is 5.43 Å². The average Bonchev–Trinajstić information content (AvgIpc) is 2.35. The number of anilines is 1. The SMILES string of the molecule is C/C(=N\Nc1ccc2c(c1)CCCC2)C(=O)O. The molecule has 2 rings (SSSR count). The van der Waals surface area contributed by atoms with E-state index in [1.807, 2.05) is 6.07 Å². The van der Waals surface area contributed by atoms with Crippen LogP contribution in [0, 0.1) is 0 Å². The zero-order valence-corrected chi connectivity index (χ0v) is 9.86. The number of hydrogen-bond acceptors (Lipinski definition) is 3. The highest BCUT2D eigenvalue weighted by Gasteiger charge is 2.09. The second kappa shape index (κ2) is 4.99. The Labute approximate surface area is 100 Å². The number of fused-ring (bicyclic) bond motifs is 1. The predicted octanol–water partition coefficient (Wildman–Crippen LogP) is 2.44. The Kier molecular flexibility index (Phi) is 3.42. The van der Waals surface area contributed by atoms with Gasteiger partial charge in [-0.3, -0.25) is 5.43 Å². The molecule has 2 N–H and O–H groups in total. The van der Waals surface area contributed by atoms with Gasteiger partial charge in [-0.25, -0.2) is 4.79 Å². The van der Waals surface area contributed by atoms with Gasteiger partial charge in [0, 0.05) is 0 Å². The number of nitrogens with one attached hydrogen (secondary N) is 1. The highest BCUT2D eigenvalue weighted by Crippen LogP contribution is 2.24. The van der Waals surface area contributed by atoms with Crippen molar-refractivity contribution in [2.45, 2.75) is 32.6 Å². The van der Waals surface area contributed by atoms with Gasteiger partial charge in [-0.2, -0.15) is 5.10 Å². The van der Waals surface area contributed by atoms with Crippen LogP contribution in [-0.4, -0.2) is 16.8 Å². The molecule has 4 heteroatoms. The van der Waals surface area contributed by atoms with Gasteiger partial charge in [0.25, 0.3) is 0 Å². The molecule has 0 aromatic heterocycles. The summed E-state index contributed by atoms with van der Waals surface area (Å²) in [5.41, 5.74) is 6.45. The Morgan fingerprint density at radius 3 is 2.71 bits per heavy atom. The molecule has 0 fully saturated rings. The lowest BCUT2D eigenvalue weighted by Gasteiger charge is -2.16. The summed E-state index contributed by atoms with van der Waals surface area (Å²) in [6, 6.07) is 6.11. The van der Waals surface area contributed by atoms with E-state index in [0.717, 1.165) is 18.5 Å². The molecule has 0 spiro atoms. The van der Waals surface area contributed by atoms with Gasteiger partial charge in [0.1, 0.15) is 5.71 Å². The van der Waals surface area contributed by atoms with Crippen molar-refractivity contribution < 1.29 is 9.90 Å². The maximum absolute atomic E-state index is 10.6. The molecule has 1 aliphatic carbocycles. The van der Waals surface area contributed by atoms with Crippen LogP contribution in [-0.2, 0) is 17.6 Å². The zero-order chi connectivity index (χ0) is 12.3. The van der Waals surface area contributed by atoms with Crippen LogP contribution in [0.2, 0.25) is 0 Å². The molecular weight excluding hydrogens is 216 g/mol. The van der Waals surface area contributed by atoms with Crippen LogP contribution in [0.5, 0.6) is 0 Å². The lowest BCUT2D eigenvalue weighted by atomic mass is 9.91. The number of hydrogen-bond donors (Lipinski definition) is 2. The maximum atomic E-state index is 10.6. The molecule has 0 radical (unpaired) electrons. The summed E-state index contributed by atoms with van der Waals surface area (Å²) in [5.74, 6) is -1.00. The van der Waals surface area contributed by atoms with E-state index < -0.39 is 5.97 Å². The molecule has 4 nitrogen and oxygen atoms in total. The van der Waals surface area contributed by atoms with Crippen molar-refractivity contribution in [1.82, 2.24) is 0 Å². The van der Waals surface area contributed by atoms with Crippen molar-refractivity contribution in [2.24, 2.45) is 5.10 Å². The second-order valence-electron chi connectivity index (χ2n) is 4.30. The fourth-order valence-electron chi connectivity index (χ4n) is 2.00. The van der Waals surface area contributed by atoms with Gasteiger partial charge in [-0.1, -0.05) is 6.07 Å². The van der Waals surface area contributed by atoms with Crippen LogP contribution in [0.3, 0.4) is 0 Å². The van der Waals surface area contributed by atoms with E-state index in [9.17, 15) is 4.79 Å². The molecule has 1 aromatic rings. The molecule has 0 bridgehead atoms. The normalized spacial score (nSPS) is 15.2. The highest BCUT2D eigenvalue weighted by atomic mass is 16.4. The first-order chi connectivity index (χ1) is 8.16. The lowest BCUT2D eigenvalue weighted by Crippen LogP contribution is -2.10. The standard InChI is InChI=1S/C13H16N2O2/c1-9(13(16)17)14-15-12-7-6-10-4-2-3-5-11(10)8-12/h6-8,15H,2-5H2,1H3,(H,16,17)/b14-9+. The first kappa shape index (κ1) is 11.6. The number of carboxylic acids is 1. The Morgan fingerprint density at radius 1 is 1.29 bits per heavy atom. The number of nitrogens with zero attached hydrogens (tertiary/aromatic N) is 1. The minimum atomic E-state index is -1.00. The number of carboxylic acid groups (broad SMARTS) is 1. The summed E-state index contributed by atoms with van der Waals surface area (Å²) in [7, 11) is 0. The molecule has 0 saturated carbocycles. The van der Waals surface area contributed by atoms with Gasteiger partial charge < -0.3 is 5.11 Å². The summed E-state index contributed by atoms with van der Waals surface area (Å²) < 4.78 is 0. The number of carbonyl (C=O) groups is 1. The van der Waals surface area contributed by atoms with E-state index in [2.05, 4.69) is 22.7 Å². The first-order valence-electron chi connectivity index (χ1n) is 5.82. The van der Waals surface area contributed by atoms with E-state index >= 15 is 0 Å². The number of benzene rings is 1. The third-order valence-electron chi connectivity index (χ3n) is 3.01. The number of rotatable bonds is 3. The van der Waals surface area contributed by atoms with Crippen molar-refractivity contribution in [3.8, 4) is 0 Å². The highest BCUT2D eigenvalue weighted by molar-refractivity contribution is 6.34. The van der Waals surface area contributed by atoms with Gasteiger partial charge in [0.2, 0.25) is 0 Å². The Morgan fingerprint density at radius 2 is 2.00 bits per heavy atom. The molecule has 0 saturated heterocycles.